The Balaban J connectivity index is 1.57. The highest BCUT2D eigenvalue weighted by atomic mass is 16.5. The molecule has 1 aromatic heterocycles. The molecule has 220 valence electrons. The number of benzene rings is 3. The second kappa shape index (κ2) is 13.7. The van der Waals surface area contributed by atoms with Gasteiger partial charge in [0.25, 0.3) is 0 Å². The Bertz CT molecular complexity index is 1590. The molecule has 0 saturated heterocycles. The predicted octanol–water partition coefficient (Wildman–Crippen LogP) is 5.65. The lowest BCUT2D eigenvalue weighted by Gasteiger charge is -2.31. The van der Waals surface area contributed by atoms with Gasteiger partial charge in [0.2, 0.25) is 11.8 Å². The monoisotopic (exact) mass is 576 g/mol. The van der Waals surface area contributed by atoms with Crippen molar-refractivity contribution in [2.75, 3.05) is 7.05 Å². The number of hydrogen-bond donors (Lipinski definition) is 2. The zero-order chi connectivity index (χ0) is 31.0. The standard InChI is InChI=1S/C35H36N4O4/c1-35(2,3)32(34(42)37-4)38-33(41)30(20-31(40)43-23-25-8-6-5-7-9-25)39-19-18-29(22-39)28-16-14-27(15-17-28)26-12-10-24(21-36)11-13-26/h5-19,22,30,32H,20,23H2,1-4H3,(H,37,42)(H,38,41)/t30?,32-/m1/s1. The molecular formula is C35H36N4O4. The number of nitriles is 1. The molecule has 1 heterocycles. The van der Waals surface area contributed by atoms with Crippen LogP contribution in [0, 0.1) is 16.7 Å². The number of carbonyl (C=O) groups is 3. The Hall–Kier alpha value is -5.16. The molecule has 8 nitrogen and oxygen atoms in total. The fourth-order valence-corrected chi connectivity index (χ4v) is 4.72. The van der Waals surface area contributed by atoms with E-state index >= 15 is 0 Å². The molecule has 4 aromatic rings. The molecule has 2 atom stereocenters. The third-order valence-electron chi connectivity index (χ3n) is 7.21. The van der Waals surface area contributed by atoms with Gasteiger partial charge in [-0.15, -0.1) is 0 Å². The number of esters is 1. The van der Waals surface area contributed by atoms with E-state index in [4.69, 9.17) is 10.00 Å². The van der Waals surface area contributed by atoms with Crippen LogP contribution in [-0.2, 0) is 25.7 Å². The molecule has 0 bridgehead atoms. The normalized spacial score (nSPS) is 12.4. The summed E-state index contributed by atoms with van der Waals surface area (Å²) < 4.78 is 7.19. The number of aromatic nitrogens is 1. The number of hydrogen-bond acceptors (Lipinski definition) is 5. The first-order valence-corrected chi connectivity index (χ1v) is 14.1. The van der Waals surface area contributed by atoms with Crippen molar-refractivity contribution >= 4 is 17.8 Å². The smallest absolute Gasteiger partial charge is 0.308 e. The zero-order valence-electron chi connectivity index (χ0n) is 24.8. The van der Waals surface area contributed by atoms with Gasteiger partial charge in [-0.1, -0.05) is 87.5 Å². The lowest BCUT2D eigenvalue weighted by atomic mass is 9.86. The lowest BCUT2D eigenvalue weighted by Crippen LogP contribution is -2.54. The van der Waals surface area contributed by atoms with Gasteiger partial charge in [-0.05, 0) is 51.4 Å². The highest BCUT2D eigenvalue weighted by molar-refractivity contribution is 5.91. The minimum Gasteiger partial charge on any atom is -0.461 e. The van der Waals surface area contributed by atoms with Gasteiger partial charge in [-0.3, -0.25) is 14.4 Å². The summed E-state index contributed by atoms with van der Waals surface area (Å²) in [6.07, 6.45) is 3.36. The Morgan fingerprint density at radius 1 is 0.837 bits per heavy atom. The van der Waals surface area contributed by atoms with E-state index in [2.05, 4.69) is 16.7 Å². The van der Waals surface area contributed by atoms with Crippen molar-refractivity contribution in [3.8, 4) is 28.3 Å². The highest BCUT2D eigenvalue weighted by Gasteiger charge is 2.35. The largest absolute Gasteiger partial charge is 0.461 e. The van der Waals surface area contributed by atoms with Crippen LogP contribution in [-0.4, -0.2) is 35.4 Å². The third-order valence-corrected chi connectivity index (χ3v) is 7.21. The molecule has 43 heavy (non-hydrogen) atoms. The van der Waals surface area contributed by atoms with Crippen LogP contribution in [0.1, 0.15) is 44.4 Å². The molecule has 0 aliphatic rings. The molecule has 0 radical (unpaired) electrons. The summed E-state index contributed by atoms with van der Waals surface area (Å²) in [5, 5.41) is 14.5. The predicted molar refractivity (Wildman–Crippen MR) is 165 cm³/mol. The average molecular weight is 577 g/mol. The van der Waals surface area contributed by atoms with Crippen LogP contribution in [0.25, 0.3) is 22.3 Å². The number of likely N-dealkylation sites (N-methyl/N-ethyl adjacent to an activating group) is 1. The summed E-state index contributed by atoms with van der Waals surface area (Å²) in [6, 6.07) is 26.9. The number of nitrogens with zero attached hydrogens (tertiary/aromatic N) is 2. The van der Waals surface area contributed by atoms with Crippen LogP contribution >= 0.6 is 0 Å². The topological polar surface area (TPSA) is 113 Å². The molecule has 0 spiro atoms. The molecule has 8 heteroatoms. The van der Waals surface area contributed by atoms with Crippen molar-refractivity contribution in [3.63, 3.8) is 0 Å². The van der Waals surface area contributed by atoms with E-state index in [0.717, 1.165) is 27.8 Å². The van der Waals surface area contributed by atoms with Crippen LogP contribution < -0.4 is 10.6 Å². The molecule has 4 rings (SSSR count). The quantitative estimate of drug-likeness (QED) is 0.237. The first-order chi connectivity index (χ1) is 20.6. The van der Waals surface area contributed by atoms with Gasteiger partial charge in [0.1, 0.15) is 18.7 Å². The molecule has 0 aliphatic carbocycles. The Kier molecular flexibility index (Phi) is 9.79. The van der Waals surface area contributed by atoms with E-state index in [1.165, 1.54) is 7.05 Å². The lowest BCUT2D eigenvalue weighted by molar-refractivity contribution is -0.148. The summed E-state index contributed by atoms with van der Waals surface area (Å²) in [6.45, 7) is 5.70. The van der Waals surface area contributed by atoms with Gasteiger partial charge in [0.15, 0.2) is 0 Å². The van der Waals surface area contributed by atoms with E-state index in [-0.39, 0.29) is 18.9 Å². The molecule has 1 unspecified atom stereocenters. The van der Waals surface area contributed by atoms with Gasteiger partial charge in [-0.25, -0.2) is 0 Å². The van der Waals surface area contributed by atoms with Crippen molar-refractivity contribution in [1.29, 1.82) is 5.26 Å². The molecule has 2 amide bonds. The summed E-state index contributed by atoms with van der Waals surface area (Å²) in [5.41, 5.74) is 4.68. The van der Waals surface area contributed by atoms with Crippen LogP contribution in [0.2, 0.25) is 0 Å². The number of ether oxygens (including phenoxy) is 1. The van der Waals surface area contributed by atoms with Gasteiger partial charge >= 0.3 is 5.97 Å². The van der Waals surface area contributed by atoms with Gasteiger partial charge in [0, 0.05) is 19.4 Å². The third kappa shape index (κ3) is 7.98. The number of nitrogens with one attached hydrogen (secondary N) is 2. The summed E-state index contributed by atoms with van der Waals surface area (Å²) in [4.78, 5) is 39.3. The van der Waals surface area contributed by atoms with E-state index in [1.807, 2.05) is 99.8 Å². The average Bonchev–Trinajstić information content (AvgIpc) is 3.51. The summed E-state index contributed by atoms with van der Waals surface area (Å²) in [5.74, 6) is -1.31. The highest BCUT2D eigenvalue weighted by Crippen LogP contribution is 2.28. The second-order valence-electron chi connectivity index (χ2n) is 11.4. The zero-order valence-corrected chi connectivity index (χ0v) is 24.8. The van der Waals surface area contributed by atoms with Gasteiger partial charge < -0.3 is 19.9 Å². The van der Waals surface area contributed by atoms with Crippen LogP contribution in [0.3, 0.4) is 0 Å². The summed E-state index contributed by atoms with van der Waals surface area (Å²) in [7, 11) is 1.52. The van der Waals surface area contributed by atoms with E-state index in [0.29, 0.717) is 5.56 Å². The molecular weight excluding hydrogens is 540 g/mol. The maximum atomic E-state index is 13.7. The Morgan fingerprint density at radius 3 is 1.98 bits per heavy atom. The van der Waals surface area contributed by atoms with E-state index < -0.39 is 29.4 Å². The van der Waals surface area contributed by atoms with Gasteiger partial charge in [-0.2, -0.15) is 5.26 Å². The maximum Gasteiger partial charge on any atom is 0.308 e. The Labute approximate surface area is 252 Å². The van der Waals surface area contributed by atoms with Crippen molar-refractivity contribution in [1.82, 2.24) is 15.2 Å². The van der Waals surface area contributed by atoms with Crippen LogP contribution in [0.5, 0.6) is 0 Å². The minimum atomic E-state index is -0.940. The Morgan fingerprint density at radius 2 is 1.42 bits per heavy atom. The molecule has 0 saturated carbocycles. The first-order valence-electron chi connectivity index (χ1n) is 14.1. The number of carbonyl (C=O) groups excluding carboxylic acids is 3. The number of rotatable bonds is 10. The molecule has 2 N–H and O–H groups in total. The molecule has 0 fully saturated rings. The fraction of sp³-hybridized carbons (Fsp3) is 0.257. The fourth-order valence-electron chi connectivity index (χ4n) is 4.72. The summed E-state index contributed by atoms with van der Waals surface area (Å²) >= 11 is 0. The molecule has 3 aromatic carbocycles. The number of amides is 2. The van der Waals surface area contributed by atoms with Crippen LogP contribution in [0.15, 0.2) is 97.3 Å². The van der Waals surface area contributed by atoms with Crippen molar-refractivity contribution in [2.45, 2.75) is 45.9 Å². The van der Waals surface area contributed by atoms with E-state index in [1.54, 1.807) is 22.9 Å². The second-order valence-corrected chi connectivity index (χ2v) is 11.4. The van der Waals surface area contributed by atoms with Crippen molar-refractivity contribution in [3.05, 3.63) is 108 Å². The first kappa shape index (κ1) is 30.8. The molecule has 0 aliphatic heterocycles. The SMILES string of the molecule is CNC(=O)[C@@H](NC(=O)C(CC(=O)OCc1ccccc1)n1ccc(-c2ccc(-c3ccc(C#N)cc3)cc2)c1)C(C)(C)C. The van der Waals surface area contributed by atoms with Gasteiger partial charge in [0.05, 0.1) is 18.1 Å². The van der Waals surface area contributed by atoms with E-state index in [9.17, 15) is 14.4 Å². The van der Waals surface area contributed by atoms with Crippen molar-refractivity contribution < 1.29 is 19.1 Å². The van der Waals surface area contributed by atoms with Crippen LogP contribution in [0.4, 0.5) is 0 Å². The van der Waals surface area contributed by atoms with Crippen molar-refractivity contribution in [2.24, 2.45) is 5.41 Å². The minimum absolute atomic E-state index is 0.0966. The maximum absolute atomic E-state index is 13.7.